The summed E-state index contributed by atoms with van der Waals surface area (Å²) >= 11 is 1.19. The van der Waals surface area contributed by atoms with Gasteiger partial charge in [-0.1, -0.05) is 0 Å². The zero-order chi connectivity index (χ0) is 11.2. The van der Waals surface area contributed by atoms with Crippen LogP contribution < -0.4 is 37.2 Å². The summed E-state index contributed by atoms with van der Waals surface area (Å²) in [5.74, 6) is 0.649. The number of hydrogen-bond acceptors (Lipinski definition) is 1. The molecule has 0 bridgehead atoms. The second-order valence-corrected chi connectivity index (χ2v) is 5.00. The van der Waals surface area contributed by atoms with Crippen molar-refractivity contribution in [3.8, 4) is 0 Å². The van der Waals surface area contributed by atoms with E-state index < -0.39 is 0 Å². The van der Waals surface area contributed by atoms with Gasteiger partial charge < -0.3 is 37.2 Å². The van der Waals surface area contributed by atoms with Crippen LogP contribution in [0.1, 0.15) is 25.7 Å². The van der Waals surface area contributed by atoms with Crippen LogP contribution in [0, 0.1) is 5.92 Å². The molecular formula is C14H17Cl3OZr. The Balaban J connectivity index is 0. The molecule has 0 unspecified atom stereocenters. The molecule has 0 spiro atoms. The summed E-state index contributed by atoms with van der Waals surface area (Å²) in [6.07, 6.45) is 18.2. The first-order valence-corrected chi connectivity index (χ1v) is 6.92. The molecule has 0 saturated carbocycles. The van der Waals surface area contributed by atoms with E-state index in [0.717, 1.165) is 19.4 Å². The number of halogens is 3. The number of allylic oxidation sites excluding steroid dienone is 8. The van der Waals surface area contributed by atoms with E-state index in [1.165, 1.54) is 38.0 Å². The van der Waals surface area contributed by atoms with Crippen molar-refractivity contribution in [2.75, 3.05) is 6.61 Å². The van der Waals surface area contributed by atoms with Crippen LogP contribution in [-0.4, -0.2) is 6.61 Å². The van der Waals surface area contributed by atoms with Crippen molar-refractivity contribution in [3.05, 3.63) is 47.6 Å². The topological polar surface area (TPSA) is 9.23 Å². The summed E-state index contributed by atoms with van der Waals surface area (Å²) in [5, 5.41) is 0. The van der Waals surface area contributed by atoms with Crippen LogP contribution >= 0.6 is 0 Å². The molecule has 2 aliphatic rings. The third-order valence-corrected chi connectivity index (χ3v) is 3.74. The Morgan fingerprint density at radius 3 is 1.89 bits per heavy atom. The fraction of sp³-hybridized carbons (Fsp3) is 0.429. The first-order chi connectivity index (χ1) is 7.92. The predicted molar refractivity (Wildman–Crippen MR) is 62.4 cm³/mol. The van der Waals surface area contributed by atoms with Gasteiger partial charge in [0.25, 0.3) is 0 Å². The van der Waals surface area contributed by atoms with Gasteiger partial charge in [0, 0.05) is 0 Å². The maximum atomic E-state index is 5.24. The van der Waals surface area contributed by atoms with E-state index in [9.17, 15) is 0 Å². The zero-order valence-electron chi connectivity index (χ0n) is 10.6. The molecule has 2 rings (SSSR count). The van der Waals surface area contributed by atoms with Gasteiger partial charge in [0.05, 0.1) is 0 Å². The van der Waals surface area contributed by atoms with E-state index in [1.54, 1.807) is 11.1 Å². The van der Waals surface area contributed by atoms with Crippen molar-refractivity contribution in [3.63, 3.8) is 0 Å². The zero-order valence-corrected chi connectivity index (χ0v) is 15.3. The molecule has 0 N–H and O–H groups in total. The average Bonchev–Trinajstić information content (AvgIpc) is 2.97. The average molecular weight is 399 g/mol. The monoisotopic (exact) mass is 396 g/mol. The van der Waals surface area contributed by atoms with Crippen LogP contribution in [0.5, 0.6) is 0 Å². The summed E-state index contributed by atoms with van der Waals surface area (Å²) in [4.78, 5) is 0. The molecule has 5 heteroatoms. The van der Waals surface area contributed by atoms with Crippen LogP contribution in [0.4, 0.5) is 0 Å². The van der Waals surface area contributed by atoms with E-state index in [0.29, 0.717) is 5.92 Å². The second kappa shape index (κ2) is 12.4. The Morgan fingerprint density at radius 1 is 1.00 bits per heavy atom. The molecule has 0 radical (unpaired) electrons. The van der Waals surface area contributed by atoms with Crippen molar-refractivity contribution in [1.29, 1.82) is 0 Å². The van der Waals surface area contributed by atoms with Crippen molar-refractivity contribution >= 4 is 0 Å². The maximum absolute atomic E-state index is 5.24. The second-order valence-electron chi connectivity index (χ2n) is 4.29. The van der Waals surface area contributed by atoms with E-state index >= 15 is 0 Å². The number of hydrogen-bond donors (Lipinski definition) is 0. The van der Waals surface area contributed by atoms with Crippen LogP contribution in [0.2, 0.25) is 0 Å². The molecule has 0 fully saturated rings. The fourth-order valence-corrected chi connectivity index (χ4v) is 2.77. The quantitative estimate of drug-likeness (QED) is 0.406. The molecule has 0 aliphatic heterocycles. The summed E-state index contributed by atoms with van der Waals surface area (Å²) in [6, 6.07) is 0. The fourth-order valence-electron chi connectivity index (χ4n) is 2.41. The molecule has 0 aromatic heterocycles. The normalized spacial score (nSPS) is 15.5. The third-order valence-electron chi connectivity index (χ3n) is 3.23. The van der Waals surface area contributed by atoms with Gasteiger partial charge in [0.1, 0.15) is 0 Å². The first kappa shape index (κ1) is 22.0. The molecule has 2 aliphatic carbocycles. The van der Waals surface area contributed by atoms with Crippen LogP contribution in [0.25, 0.3) is 0 Å². The third kappa shape index (κ3) is 6.78. The van der Waals surface area contributed by atoms with Crippen molar-refractivity contribution in [2.24, 2.45) is 5.92 Å². The SMILES string of the molecule is [Cl-].[Cl-].[Cl-].[Zr+3][O]CCCC(C1=CC=CC1)C1=CC=CC1. The van der Waals surface area contributed by atoms with E-state index in [1.807, 2.05) is 0 Å². The summed E-state index contributed by atoms with van der Waals surface area (Å²) in [6.45, 7) is 0.913. The van der Waals surface area contributed by atoms with Gasteiger partial charge in [0.2, 0.25) is 0 Å². The predicted octanol–water partition coefficient (Wildman–Crippen LogP) is -5.35. The Kier molecular flexibility index (Phi) is 14.4. The van der Waals surface area contributed by atoms with E-state index in [-0.39, 0.29) is 37.2 Å². The van der Waals surface area contributed by atoms with Crippen LogP contribution in [0.15, 0.2) is 47.6 Å². The molecule has 1 nitrogen and oxygen atoms in total. The van der Waals surface area contributed by atoms with Gasteiger partial charge in [-0.3, -0.25) is 0 Å². The van der Waals surface area contributed by atoms with Gasteiger partial charge >= 0.3 is 114 Å². The number of rotatable bonds is 6. The van der Waals surface area contributed by atoms with Crippen LogP contribution in [-0.2, 0) is 28.0 Å². The Bertz CT molecular complexity index is 332. The molecular weight excluding hydrogens is 382 g/mol. The summed E-state index contributed by atoms with van der Waals surface area (Å²) in [5.41, 5.74) is 3.16. The van der Waals surface area contributed by atoms with Gasteiger partial charge in [-0.15, -0.1) is 0 Å². The van der Waals surface area contributed by atoms with Gasteiger partial charge in [0.15, 0.2) is 0 Å². The molecule has 0 aromatic carbocycles. The molecule has 0 amide bonds. The summed E-state index contributed by atoms with van der Waals surface area (Å²) < 4.78 is 5.24. The molecule has 0 atom stereocenters. The first-order valence-electron chi connectivity index (χ1n) is 5.91. The Hall–Kier alpha value is 0.673. The molecule has 19 heavy (non-hydrogen) atoms. The minimum atomic E-state index is 0. The molecule has 104 valence electrons. The van der Waals surface area contributed by atoms with Gasteiger partial charge in [-0.05, 0) is 0 Å². The minimum absolute atomic E-state index is 0. The van der Waals surface area contributed by atoms with Gasteiger partial charge in [-0.25, -0.2) is 0 Å². The van der Waals surface area contributed by atoms with Crippen molar-refractivity contribution < 1.29 is 65.2 Å². The van der Waals surface area contributed by atoms with Crippen LogP contribution in [0.3, 0.4) is 0 Å². The van der Waals surface area contributed by atoms with Crippen molar-refractivity contribution in [1.82, 2.24) is 0 Å². The molecule has 0 heterocycles. The Morgan fingerprint density at radius 2 is 1.53 bits per heavy atom. The van der Waals surface area contributed by atoms with Gasteiger partial charge in [-0.2, -0.15) is 0 Å². The van der Waals surface area contributed by atoms with Crippen molar-refractivity contribution in [2.45, 2.75) is 25.7 Å². The summed E-state index contributed by atoms with van der Waals surface area (Å²) in [7, 11) is 0. The Labute approximate surface area is 150 Å². The molecule has 0 saturated heterocycles. The molecule has 0 aromatic rings. The standard InChI is InChI=1S/C14H17O.3ClH.Zr/c15-11-5-10-14(12-6-1-2-7-12)13-8-3-4-9-13;;;;/h1-4,6,8,14H,5,7,9-11H2;3*1H;/q-1;;;;+4/p-3. The van der Waals surface area contributed by atoms with E-state index in [4.69, 9.17) is 2.81 Å². The van der Waals surface area contributed by atoms with E-state index in [2.05, 4.69) is 36.5 Å².